The van der Waals surface area contributed by atoms with Gasteiger partial charge in [-0.15, -0.1) is 0 Å². The lowest BCUT2D eigenvalue weighted by Crippen LogP contribution is -2.29. The molecule has 1 aliphatic rings. The molecule has 2 aromatic carbocycles. The number of nitrogens with two attached hydrogens (primary N) is 1. The average molecular weight is 317 g/mol. The van der Waals surface area contributed by atoms with Crippen molar-refractivity contribution in [2.45, 2.75) is 19.4 Å². The third-order valence-corrected chi connectivity index (χ3v) is 4.45. The Bertz CT molecular complexity index is 575. The van der Waals surface area contributed by atoms with E-state index in [1.54, 1.807) is 0 Å². The van der Waals surface area contributed by atoms with Gasteiger partial charge in [-0.3, -0.25) is 0 Å². The van der Waals surface area contributed by atoms with Crippen molar-refractivity contribution in [2.24, 2.45) is 0 Å². The second kappa shape index (κ2) is 5.25. The molecule has 0 aromatic heterocycles. The standard InChI is InChI=1S/C16H17BrN2/c17-14-7-3-8-15(18)13(14)11-19-10-4-6-12-5-1-2-9-16(12)19/h1-3,5,7-9H,4,6,10-11,18H2. The zero-order chi connectivity index (χ0) is 13.2. The molecule has 2 nitrogen and oxygen atoms in total. The third kappa shape index (κ3) is 2.47. The lowest BCUT2D eigenvalue weighted by atomic mass is 10.0. The Kier molecular flexibility index (Phi) is 3.47. The van der Waals surface area contributed by atoms with Gasteiger partial charge in [0.2, 0.25) is 0 Å². The van der Waals surface area contributed by atoms with Crippen molar-refractivity contribution in [3.8, 4) is 0 Å². The molecule has 0 atom stereocenters. The molecule has 0 saturated carbocycles. The van der Waals surface area contributed by atoms with Gasteiger partial charge >= 0.3 is 0 Å². The van der Waals surface area contributed by atoms with Gasteiger partial charge in [0.05, 0.1) is 0 Å². The molecule has 0 radical (unpaired) electrons. The van der Waals surface area contributed by atoms with Crippen LogP contribution in [0.4, 0.5) is 11.4 Å². The van der Waals surface area contributed by atoms with E-state index in [4.69, 9.17) is 5.73 Å². The maximum absolute atomic E-state index is 6.10. The van der Waals surface area contributed by atoms with Crippen LogP contribution in [0.5, 0.6) is 0 Å². The van der Waals surface area contributed by atoms with E-state index >= 15 is 0 Å². The second-order valence-corrected chi connectivity index (χ2v) is 5.82. The number of anilines is 2. The number of hydrogen-bond donors (Lipinski definition) is 1. The van der Waals surface area contributed by atoms with E-state index in [-0.39, 0.29) is 0 Å². The van der Waals surface area contributed by atoms with Crippen molar-refractivity contribution in [1.29, 1.82) is 0 Å². The van der Waals surface area contributed by atoms with Crippen molar-refractivity contribution in [3.63, 3.8) is 0 Å². The number of nitrogens with zero attached hydrogens (tertiary/aromatic N) is 1. The molecule has 0 saturated heterocycles. The van der Waals surface area contributed by atoms with Crippen LogP contribution in [0.3, 0.4) is 0 Å². The van der Waals surface area contributed by atoms with Gasteiger partial charge in [0, 0.05) is 34.5 Å². The normalized spacial score (nSPS) is 14.3. The van der Waals surface area contributed by atoms with Crippen molar-refractivity contribution in [2.75, 3.05) is 17.2 Å². The van der Waals surface area contributed by atoms with Crippen LogP contribution in [0, 0.1) is 0 Å². The van der Waals surface area contributed by atoms with Gasteiger partial charge in [-0.25, -0.2) is 0 Å². The molecule has 1 heterocycles. The summed E-state index contributed by atoms with van der Waals surface area (Å²) < 4.78 is 1.09. The fourth-order valence-electron chi connectivity index (χ4n) is 2.71. The highest BCUT2D eigenvalue weighted by atomic mass is 79.9. The molecule has 2 N–H and O–H groups in total. The summed E-state index contributed by atoms with van der Waals surface area (Å²) in [5.41, 5.74) is 10.9. The van der Waals surface area contributed by atoms with Crippen LogP contribution >= 0.6 is 15.9 Å². The van der Waals surface area contributed by atoms with Crippen molar-refractivity contribution in [1.82, 2.24) is 0 Å². The SMILES string of the molecule is Nc1cccc(Br)c1CN1CCCc2ccccc21. The molecular formula is C16H17BrN2. The molecule has 0 aliphatic carbocycles. The number of para-hydroxylation sites is 1. The summed E-state index contributed by atoms with van der Waals surface area (Å²) in [5.74, 6) is 0. The molecule has 2 aromatic rings. The topological polar surface area (TPSA) is 29.3 Å². The molecule has 98 valence electrons. The predicted molar refractivity (Wildman–Crippen MR) is 84.4 cm³/mol. The smallest absolute Gasteiger partial charge is 0.0461 e. The summed E-state index contributed by atoms with van der Waals surface area (Å²) in [6.45, 7) is 1.96. The first kappa shape index (κ1) is 12.5. The first-order chi connectivity index (χ1) is 9.25. The van der Waals surface area contributed by atoms with E-state index in [2.05, 4.69) is 51.2 Å². The number of fused-ring (bicyclic) bond motifs is 1. The van der Waals surface area contributed by atoms with Gasteiger partial charge in [-0.2, -0.15) is 0 Å². The molecule has 3 heteroatoms. The maximum Gasteiger partial charge on any atom is 0.0461 e. The van der Waals surface area contributed by atoms with Crippen LogP contribution in [-0.2, 0) is 13.0 Å². The van der Waals surface area contributed by atoms with Gasteiger partial charge in [0.1, 0.15) is 0 Å². The van der Waals surface area contributed by atoms with Gasteiger partial charge in [0.25, 0.3) is 0 Å². The Balaban J connectivity index is 1.93. The molecular weight excluding hydrogens is 300 g/mol. The van der Waals surface area contributed by atoms with Crippen molar-refractivity contribution in [3.05, 3.63) is 58.1 Å². The number of hydrogen-bond acceptors (Lipinski definition) is 2. The lowest BCUT2D eigenvalue weighted by molar-refractivity contribution is 0.691. The highest BCUT2D eigenvalue weighted by molar-refractivity contribution is 9.10. The minimum atomic E-state index is 0.859. The van der Waals surface area contributed by atoms with Gasteiger partial charge < -0.3 is 10.6 Å². The Morgan fingerprint density at radius 1 is 1.11 bits per heavy atom. The fraction of sp³-hybridized carbons (Fsp3) is 0.250. The Labute approximate surface area is 122 Å². The van der Waals surface area contributed by atoms with Crippen LogP contribution in [0.25, 0.3) is 0 Å². The predicted octanol–water partition coefficient (Wildman–Crippen LogP) is 3.98. The quantitative estimate of drug-likeness (QED) is 0.849. The summed E-state index contributed by atoms with van der Waals surface area (Å²) in [4.78, 5) is 2.43. The molecule has 0 spiro atoms. The second-order valence-electron chi connectivity index (χ2n) is 4.96. The van der Waals surface area contributed by atoms with E-state index in [0.29, 0.717) is 0 Å². The highest BCUT2D eigenvalue weighted by Gasteiger charge is 2.18. The highest BCUT2D eigenvalue weighted by Crippen LogP contribution is 2.31. The van der Waals surface area contributed by atoms with E-state index in [1.807, 2.05) is 12.1 Å². The fourth-order valence-corrected chi connectivity index (χ4v) is 3.22. The molecule has 1 aliphatic heterocycles. The van der Waals surface area contributed by atoms with Crippen LogP contribution < -0.4 is 10.6 Å². The first-order valence-corrected chi connectivity index (χ1v) is 7.41. The van der Waals surface area contributed by atoms with Crippen LogP contribution in [0.1, 0.15) is 17.5 Å². The molecule has 0 unspecified atom stereocenters. The summed E-state index contributed by atoms with van der Waals surface area (Å²) in [6, 6.07) is 14.7. The first-order valence-electron chi connectivity index (χ1n) is 6.61. The van der Waals surface area contributed by atoms with Crippen LogP contribution in [0.15, 0.2) is 46.9 Å². The van der Waals surface area contributed by atoms with Gasteiger partial charge in [-0.05, 0) is 36.6 Å². The molecule has 19 heavy (non-hydrogen) atoms. The maximum atomic E-state index is 6.10. The van der Waals surface area contributed by atoms with Gasteiger partial charge in [-0.1, -0.05) is 40.2 Å². The number of aryl methyl sites for hydroxylation is 1. The van der Waals surface area contributed by atoms with Crippen LogP contribution in [0.2, 0.25) is 0 Å². The average Bonchev–Trinajstić information content (AvgIpc) is 2.43. The number of rotatable bonds is 2. The van der Waals surface area contributed by atoms with Crippen LogP contribution in [-0.4, -0.2) is 6.54 Å². The summed E-state index contributed by atoms with van der Waals surface area (Å²) >= 11 is 3.61. The Morgan fingerprint density at radius 3 is 2.79 bits per heavy atom. The third-order valence-electron chi connectivity index (χ3n) is 3.71. The monoisotopic (exact) mass is 316 g/mol. The van der Waals surface area contributed by atoms with Gasteiger partial charge in [0.15, 0.2) is 0 Å². The van der Waals surface area contributed by atoms with Crippen molar-refractivity contribution >= 4 is 27.3 Å². The molecule has 0 amide bonds. The molecule has 3 rings (SSSR count). The molecule has 0 bridgehead atoms. The minimum Gasteiger partial charge on any atom is -0.398 e. The summed E-state index contributed by atoms with van der Waals surface area (Å²) in [7, 11) is 0. The van der Waals surface area contributed by atoms with Crippen molar-refractivity contribution < 1.29 is 0 Å². The number of halogens is 1. The minimum absolute atomic E-state index is 0.859. The Hall–Kier alpha value is -1.48. The summed E-state index contributed by atoms with van der Waals surface area (Å²) in [6.07, 6.45) is 2.39. The van der Waals surface area contributed by atoms with E-state index in [9.17, 15) is 0 Å². The van der Waals surface area contributed by atoms with E-state index in [1.165, 1.54) is 29.7 Å². The largest absolute Gasteiger partial charge is 0.398 e. The number of nitrogen functional groups attached to an aromatic ring is 1. The molecule has 0 fully saturated rings. The van der Waals surface area contributed by atoms with E-state index in [0.717, 1.165) is 23.2 Å². The zero-order valence-corrected chi connectivity index (χ0v) is 12.4. The zero-order valence-electron chi connectivity index (χ0n) is 10.8. The Morgan fingerprint density at radius 2 is 1.95 bits per heavy atom. The lowest BCUT2D eigenvalue weighted by Gasteiger charge is -2.32. The number of benzene rings is 2. The summed E-state index contributed by atoms with van der Waals surface area (Å²) in [5, 5.41) is 0. The van der Waals surface area contributed by atoms with E-state index < -0.39 is 0 Å².